The molecule has 0 saturated carbocycles. The topological polar surface area (TPSA) is 21.3 Å². The number of rotatable bonds is 8. The normalized spacial score (nSPS) is 12.1. The Hall–Kier alpha value is -0.860. The van der Waals surface area contributed by atoms with Gasteiger partial charge in [0.2, 0.25) is 0 Å². The number of nitrogens with one attached hydrogen (secondary N) is 1. The van der Waals surface area contributed by atoms with E-state index in [4.69, 9.17) is 4.74 Å². The Balaban J connectivity index is 2.26. The lowest BCUT2D eigenvalue weighted by Crippen LogP contribution is -2.37. The molecule has 1 N–H and O–H groups in total. The molecule has 0 saturated heterocycles. The molecule has 114 valence electrons. The van der Waals surface area contributed by atoms with Gasteiger partial charge in [-0.25, -0.2) is 0 Å². The van der Waals surface area contributed by atoms with Gasteiger partial charge in [0.1, 0.15) is 0 Å². The van der Waals surface area contributed by atoms with Crippen molar-refractivity contribution >= 4 is 0 Å². The van der Waals surface area contributed by atoms with Gasteiger partial charge in [-0.1, -0.05) is 38.1 Å². The second kappa shape index (κ2) is 8.43. The van der Waals surface area contributed by atoms with Gasteiger partial charge in [0.25, 0.3) is 0 Å². The van der Waals surface area contributed by atoms with Gasteiger partial charge >= 0.3 is 0 Å². The minimum absolute atomic E-state index is 0.199. The number of hydrogen-bond acceptors (Lipinski definition) is 2. The summed E-state index contributed by atoms with van der Waals surface area (Å²) in [4.78, 5) is 0. The van der Waals surface area contributed by atoms with Crippen LogP contribution in [-0.4, -0.2) is 18.7 Å². The second-order valence-corrected chi connectivity index (χ2v) is 6.98. The van der Waals surface area contributed by atoms with E-state index in [-0.39, 0.29) is 5.54 Å². The molecule has 20 heavy (non-hydrogen) atoms. The first kappa shape index (κ1) is 17.2. The lowest BCUT2D eigenvalue weighted by molar-refractivity contribution is 0.110. The summed E-state index contributed by atoms with van der Waals surface area (Å²) in [6.45, 7) is 13.7. The zero-order chi connectivity index (χ0) is 15.0. The van der Waals surface area contributed by atoms with Crippen LogP contribution < -0.4 is 5.32 Å². The molecule has 0 aliphatic carbocycles. The minimum atomic E-state index is 0.199. The maximum Gasteiger partial charge on any atom is 0.0716 e. The van der Waals surface area contributed by atoms with Crippen molar-refractivity contribution in [1.82, 2.24) is 5.32 Å². The Morgan fingerprint density at radius 2 is 1.65 bits per heavy atom. The number of ether oxygens (including phenoxy) is 1. The average Bonchev–Trinajstić information content (AvgIpc) is 2.34. The maximum atomic E-state index is 5.68. The highest BCUT2D eigenvalue weighted by molar-refractivity contribution is 5.22. The van der Waals surface area contributed by atoms with E-state index < -0.39 is 0 Å². The van der Waals surface area contributed by atoms with E-state index >= 15 is 0 Å². The standard InChI is InChI=1S/C18H31NO/c1-15(2)11-13-20-14-17-8-6-16(7-9-17)10-12-19-18(3,4)5/h6-9,15,19H,10-14H2,1-5H3. The molecule has 1 aromatic carbocycles. The molecular formula is C18H31NO. The Morgan fingerprint density at radius 1 is 1.05 bits per heavy atom. The average molecular weight is 277 g/mol. The predicted molar refractivity (Wildman–Crippen MR) is 87.0 cm³/mol. The minimum Gasteiger partial charge on any atom is -0.377 e. The summed E-state index contributed by atoms with van der Waals surface area (Å²) in [5.41, 5.74) is 2.85. The van der Waals surface area contributed by atoms with Gasteiger partial charge in [-0.05, 0) is 57.2 Å². The van der Waals surface area contributed by atoms with Gasteiger partial charge in [-0.2, -0.15) is 0 Å². The van der Waals surface area contributed by atoms with Crippen molar-refractivity contribution in [2.45, 2.75) is 59.6 Å². The fourth-order valence-electron chi connectivity index (χ4n) is 1.89. The quantitative estimate of drug-likeness (QED) is 0.720. The van der Waals surface area contributed by atoms with Crippen LogP contribution >= 0.6 is 0 Å². The van der Waals surface area contributed by atoms with Gasteiger partial charge in [0.05, 0.1) is 6.61 Å². The summed E-state index contributed by atoms with van der Waals surface area (Å²) in [5.74, 6) is 0.715. The molecule has 0 aromatic heterocycles. The Morgan fingerprint density at radius 3 is 2.20 bits per heavy atom. The molecule has 2 heteroatoms. The lowest BCUT2D eigenvalue weighted by Gasteiger charge is -2.20. The van der Waals surface area contributed by atoms with Crippen LogP contribution in [0.15, 0.2) is 24.3 Å². The first-order chi connectivity index (χ1) is 9.37. The first-order valence-electron chi connectivity index (χ1n) is 7.77. The van der Waals surface area contributed by atoms with Crippen LogP contribution in [-0.2, 0) is 17.8 Å². The maximum absolute atomic E-state index is 5.68. The molecule has 0 fully saturated rings. The first-order valence-corrected chi connectivity index (χ1v) is 7.77. The van der Waals surface area contributed by atoms with E-state index in [1.807, 2.05) is 0 Å². The van der Waals surface area contributed by atoms with Crippen molar-refractivity contribution in [3.05, 3.63) is 35.4 Å². The summed E-state index contributed by atoms with van der Waals surface area (Å²) < 4.78 is 5.68. The third kappa shape index (κ3) is 8.34. The van der Waals surface area contributed by atoms with E-state index in [2.05, 4.69) is 64.2 Å². The Bertz CT molecular complexity index is 362. The molecule has 0 atom stereocenters. The zero-order valence-corrected chi connectivity index (χ0v) is 13.8. The van der Waals surface area contributed by atoms with Crippen LogP contribution in [0.1, 0.15) is 52.2 Å². The largest absolute Gasteiger partial charge is 0.377 e. The summed E-state index contributed by atoms with van der Waals surface area (Å²) in [6.07, 6.45) is 2.21. The van der Waals surface area contributed by atoms with Crippen molar-refractivity contribution in [2.24, 2.45) is 5.92 Å². The fraction of sp³-hybridized carbons (Fsp3) is 0.667. The van der Waals surface area contributed by atoms with Crippen LogP contribution in [0.5, 0.6) is 0 Å². The highest BCUT2D eigenvalue weighted by Gasteiger charge is 2.07. The van der Waals surface area contributed by atoms with Crippen molar-refractivity contribution in [1.29, 1.82) is 0 Å². The molecular weight excluding hydrogens is 246 g/mol. The van der Waals surface area contributed by atoms with E-state index in [9.17, 15) is 0 Å². The van der Waals surface area contributed by atoms with Crippen molar-refractivity contribution < 1.29 is 4.74 Å². The lowest BCUT2D eigenvalue weighted by atomic mass is 10.1. The van der Waals surface area contributed by atoms with Crippen LogP contribution in [0.2, 0.25) is 0 Å². The summed E-state index contributed by atoms with van der Waals surface area (Å²) in [6, 6.07) is 8.79. The molecule has 1 rings (SSSR count). The van der Waals surface area contributed by atoms with Crippen molar-refractivity contribution in [3.8, 4) is 0 Å². The molecule has 0 aliphatic rings. The predicted octanol–water partition coefficient (Wildman–Crippen LogP) is 4.18. The van der Waals surface area contributed by atoms with Gasteiger partial charge in [-0.15, -0.1) is 0 Å². The number of hydrogen-bond donors (Lipinski definition) is 1. The van der Waals surface area contributed by atoms with Gasteiger partial charge in [-0.3, -0.25) is 0 Å². The molecule has 1 aromatic rings. The summed E-state index contributed by atoms with van der Waals surface area (Å²) in [5, 5.41) is 3.51. The van der Waals surface area contributed by atoms with E-state index in [0.29, 0.717) is 5.92 Å². The molecule has 0 radical (unpaired) electrons. The summed E-state index contributed by atoms with van der Waals surface area (Å²) in [7, 11) is 0. The SMILES string of the molecule is CC(C)CCOCc1ccc(CCNC(C)(C)C)cc1. The van der Waals surface area contributed by atoms with Crippen molar-refractivity contribution in [2.75, 3.05) is 13.2 Å². The Labute approximate surface area is 124 Å². The molecule has 0 bridgehead atoms. The van der Waals surface area contributed by atoms with Crippen LogP contribution in [0, 0.1) is 5.92 Å². The molecule has 0 amide bonds. The van der Waals surface area contributed by atoms with Gasteiger partial charge in [0, 0.05) is 12.1 Å². The highest BCUT2D eigenvalue weighted by Crippen LogP contribution is 2.08. The monoisotopic (exact) mass is 277 g/mol. The molecule has 0 heterocycles. The third-order valence-corrected chi connectivity index (χ3v) is 3.20. The molecule has 0 spiro atoms. The van der Waals surface area contributed by atoms with E-state index in [1.54, 1.807) is 0 Å². The summed E-state index contributed by atoms with van der Waals surface area (Å²) >= 11 is 0. The zero-order valence-electron chi connectivity index (χ0n) is 13.8. The van der Waals surface area contributed by atoms with Crippen LogP contribution in [0.25, 0.3) is 0 Å². The highest BCUT2D eigenvalue weighted by atomic mass is 16.5. The Kier molecular flexibility index (Phi) is 7.25. The fourth-order valence-corrected chi connectivity index (χ4v) is 1.89. The van der Waals surface area contributed by atoms with Crippen LogP contribution in [0.4, 0.5) is 0 Å². The van der Waals surface area contributed by atoms with Gasteiger partial charge < -0.3 is 10.1 Å². The smallest absolute Gasteiger partial charge is 0.0716 e. The van der Waals surface area contributed by atoms with E-state index in [0.717, 1.165) is 32.6 Å². The molecule has 0 unspecified atom stereocenters. The molecule has 0 aliphatic heterocycles. The van der Waals surface area contributed by atoms with Crippen molar-refractivity contribution in [3.63, 3.8) is 0 Å². The second-order valence-electron chi connectivity index (χ2n) is 6.98. The molecule has 2 nitrogen and oxygen atoms in total. The van der Waals surface area contributed by atoms with Crippen LogP contribution in [0.3, 0.4) is 0 Å². The third-order valence-electron chi connectivity index (χ3n) is 3.20. The van der Waals surface area contributed by atoms with E-state index in [1.165, 1.54) is 11.1 Å². The van der Waals surface area contributed by atoms with Gasteiger partial charge in [0.15, 0.2) is 0 Å². The number of benzene rings is 1.